The molecule has 1 fully saturated rings. The summed E-state index contributed by atoms with van der Waals surface area (Å²) < 4.78 is 49.7. The van der Waals surface area contributed by atoms with Gasteiger partial charge in [-0.25, -0.2) is 0 Å². The number of aliphatic hydroxyl groups is 1. The number of ether oxygens (including phenoxy) is 2. The van der Waals surface area contributed by atoms with Crippen LogP contribution in [0.5, 0.6) is 11.5 Å². The van der Waals surface area contributed by atoms with Gasteiger partial charge in [-0.2, -0.15) is 13.2 Å². The van der Waals surface area contributed by atoms with Crippen molar-refractivity contribution in [2.75, 3.05) is 6.61 Å². The van der Waals surface area contributed by atoms with Gasteiger partial charge in [0.25, 0.3) is 0 Å². The Morgan fingerprint density at radius 3 is 2.47 bits per heavy atom. The summed E-state index contributed by atoms with van der Waals surface area (Å²) in [6.07, 6.45) is -4.38. The summed E-state index contributed by atoms with van der Waals surface area (Å²) in [7, 11) is 0. The Labute approximate surface area is 172 Å². The number of alkyl halides is 3. The summed E-state index contributed by atoms with van der Waals surface area (Å²) in [5.74, 6) is -1.11. The molecule has 5 nitrogen and oxygen atoms in total. The van der Waals surface area contributed by atoms with E-state index in [1.807, 2.05) is 0 Å². The van der Waals surface area contributed by atoms with Gasteiger partial charge < -0.3 is 19.7 Å². The molecule has 3 rings (SSSR count). The lowest BCUT2D eigenvalue weighted by atomic mass is 9.83. The van der Waals surface area contributed by atoms with Crippen LogP contribution in [0.4, 0.5) is 13.2 Å². The maximum absolute atomic E-state index is 12.8. The summed E-state index contributed by atoms with van der Waals surface area (Å²) in [4.78, 5) is 11.0. The third kappa shape index (κ3) is 5.44. The first-order chi connectivity index (χ1) is 14.1. The minimum atomic E-state index is -4.40. The zero-order valence-corrected chi connectivity index (χ0v) is 16.3. The first-order valence-corrected chi connectivity index (χ1v) is 9.61. The second-order valence-electron chi connectivity index (χ2n) is 7.56. The zero-order valence-electron chi connectivity index (χ0n) is 16.3. The number of aliphatic carboxylic acids is 1. The minimum Gasteiger partial charge on any atom is -0.493 e. The van der Waals surface area contributed by atoms with Crippen molar-refractivity contribution in [3.63, 3.8) is 0 Å². The smallest absolute Gasteiger partial charge is 0.416 e. The number of halogens is 3. The molecule has 162 valence electrons. The molecule has 2 N–H and O–H groups in total. The lowest BCUT2D eigenvalue weighted by Gasteiger charge is -2.35. The molecule has 1 aliphatic carbocycles. The third-order valence-corrected chi connectivity index (χ3v) is 5.21. The van der Waals surface area contributed by atoms with Gasteiger partial charge in [-0.15, -0.1) is 0 Å². The Balaban J connectivity index is 1.47. The Kier molecular flexibility index (Phi) is 6.55. The molecule has 2 aromatic carbocycles. The molecule has 2 atom stereocenters. The number of carboxylic acids is 1. The molecular formula is C22H23F3O5. The molecule has 0 aliphatic heterocycles. The lowest BCUT2D eigenvalue weighted by molar-refractivity contribution is -0.145. The number of rotatable bonds is 8. The van der Waals surface area contributed by atoms with Crippen LogP contribution in [-0.2, 0) is 11.0 Å². The van der Waals surface area contributed by atoms with Gasteiger partial charge in [0.1, 0.15) is 11.5 Å². The fourth-order valence-electron chi connectivity index (χ4n) is 3.27. The molecular weight excluding hydrogens is 401 g/mol. The second-order valence-corrected chi connectivity index (χ2v) is 7.56. The third-order valence-electron chi connectivity index (χ3n) is 5.21. The van der Waals surface area contributed by atoms with Crippen LogP contribution in [-0.4, -0.2) is 28.9 Å². The molecule has 2 aromatic rings. The fraction of sp³-hybridized carbons (Fsp3) is 0.409. The van der Waals surface area contributed by atoms with Gasteiger partial charge in [0.2, 0.25) is 0 Å². The second kappa shape index (κ2) is 8.95. The molecule has 0 saturated heterocycles. The molecule has 0 aromatic heterocycles. The number of aliphatic hydroxyl groups excluding tert-OH is 1. The van der Waals surface area contributed by atoms with E-state index in [1.54, 1.807) is 24.3 Å². The predicted molar refractivity (Wildman–Crippen MR) is 102 cm³/mol. The van der Waals surface area contributed by atoms with Crippen LogP contribution in [0.2, 0.25) is 0 Å². The van der Waals surface area contributed by atoms with Gasteiger partial charge in [-0.3, -0.25) is 4.79 Å². The minimum absolute atomic E-state index is 0.161. The quantitative estimate of drug-likeness (QED) is 0.643. The van der Waals surface area contributed by atoms with E-state index in [-0.39, 0.29) is 17.8 Å². The molecule has 8 heteroatoms. The van der Waals surface area contributed by atoms with Crippen molar-refractivity contribution in [2.45, 2.75) is 38.1 Å². The van der Waals surface area contributed by atoms with E-state index < -0.39 is 29.7 Å². The van der Waals surface area contributed by atoms with Gasteiger partial charge in [0, 0.05) is 0 Å². The fourth-order valence-corrected chi connectivity index (χ4v) is 3.27. The largest absolute Gasteiger partial charge is 0.493 e. The highest BCUT2D eigenvalue weighted by Crippen LogP contribution is 2.35. The van der Waals surface area contributed by atoms with Crippen molar-refractivity contribution < 1.29 is 37.7 Å². The van der Waals surface area contributed by atoms with Crippen molar-refractivity contribution in [3.05, 3.63) is 59.7 Å². The van der Waals surface area contributed by atoms with E-state index in [2.05, 4.69) is 0 Å². The van der Waals surface area contributed by atoms with Crippen LogP contribution >= 0.6 is 0 Å². The van der Waals surface area contributed by atoms with Crippen LogP contribution in [0.25, 0.3) is 0 Å². The van der Waals surface area contributed by atoms with E-state index in [0.717, 1.165) is 12.1 Å². The molecule has 1 aliphatic rings. The van der Waals surface area contributed by atoms with Gasteiger partial charge in [0.15, 0.2) is 0 Å². The maximum atomic E-state index is 12.8. The van der Waals surface area contributed by atoms with Gasteiger partial charge in [-0.05, 0) is 61.6 Å². The zero-order chi connectivity index (χ0) is 21.9. The summed E-state index contributed by atoms with van der Waals surface area (Å²) >= 11 is 0. The van der Waals surface area contributed by atoms with Gasteiger partial charge in [-0.1, -0.05) is 18.2 Å². The normalized spacial score (nSPS) is 20.7. The molecule has 0 heterocycles. The first kappa shape index (κ1) is 22.0. The van der Waals surface area contributed by atoms with Gasteiger partial charge >= 0.3 is 12.1 Å². The number of carboxylic acid groups (broad SMARTS) is 1. The number of hydrogen-bond donors (Lipinski definition) is 2. The van der Waals surface area contributed by atoms with Crippen molar-refractivity contribution in [2.24, 2.45) is 11.8 Å². The monoisotopic (exact) mass is 424 g/mol. The lowest BCUT2D eigenvalue weighted by Crippen LogP contribution is -2.37. The number of benzene rings is 2. The Bertz CT molecular complexity index is 877. The van der Waals surface area contributed by atoms with Crippen LogP contribution in [0.15, 0.2) is 48.5 Å². The Morgan fingerprint density at radius 1 is 1.13 bits per heavy atom. The molecule has 0 spiro atoms. The van der Waals surface area contributed by atoms with Crippen molar-refractivity contribution in [1.82, 2.24) is 0 Å². The molecule has 0 amide bonds. The molecule has 0 bridgehead atoms. The van der Waals surface area contributed by atoms with E-state index in [1.165, 1.54) is 19.1 Å². The van der Waals surface area contributed by atoms with E-state index in [9.17, 15) is 23.1 Å². The highest BCUT2D eigenvalue weighted by molar-refractivity contribution is 5.70. The Morgan fingerprint density at radius 2 is 1.80 bits per heavy atom. The summed E-state index contributed by atoms with van der Waals surface area (Å²) in [5, 5.41) is 19.2. The summed E-state index contributed by atoms with van der Waals surface area (Å²) in [5.41, 5.74) is -0.278. The molecule has 0 radical (unpaired) electrons. The number of hydrogen-bond acceptors (Lipinski definition) is 4. The number of carbonyl (C=O) groups is 1. The van der Waals surface area contributed by atoms with Crippen molar-refractivity contribution in [1.29, 1.82) is 0 Å². The maximum Gasteiger partial charge on any atom is 0.416 e. The first-order valence-electron chi connectivity index (χ1n) is 9.61. The summed E-state index contributed by atoms with van der Waals surface area (Å²) in [6.45, 7) is 1.83. The molecule has 1 saturated carbocycles. The van der Waals surface area contributed by atoms with E-state index in [4.69, 9.17) is 14.6 Å². The molecule has 30 heavy (non-hydrogen) atoms. The average molecular weight is 424 g/mol. The van der Waals surface area contributed by atoms with Crippen LogP contribution < -0.4 is 9.47 Å². The van der Waals surface area contributed by atoms with Crippen LogP contribution in [0.3, 0.4) is 0 Å². The SMILES string of the molecule is C[C@H](C(=O)O)[C@@H](O)c1cccc(OCC2CC(Oc3cccc(C(F)(F)F)c3)C2)c1. The Hall–Kier alpha value is -2.74. The molecule has 0 unspecified atom stereocenters. The topological polar surface area (TPSA) is 76.0 Å². The highest BCUT2D eigenvalue weighted by Gasteiger charge is 2.33. The van der Waals surface area contributed by atoms with Crippen LogP contribution in [0, 0.1) is 11.8 Å². The highest BCUT2D eigenvalue weighted by atomic mass is 19.4. The average Bonchev–Trinajstić information content (AvgIpc) is 2.68. The van der Waals surface area contributed by atoms with Crippen molar-refractivity contribution in [3.8, 4) is 11.5 Å². The standard InChI is InChI=1S/C22H23F3O5/c1-13(21(27)28)20(26)15-4-2-6-17(10-15)29-12-14-8-19(9-14)30-18-7-3-5-16(11-18)22(23,24)25/h2-7,10-11,13-14,19-20,26H,8-9,12H2,1H3,(H,27,28)/t13-,14?,19?,20+/m0/s1. The van der Waals surface area contributed by atoms with E-state index >= 15 is 0 Å². The van der Waals surface area contributed by atoms with E-state index in [0.29, 0.717) is 30.8 Å². The predicted octanol–water partition coefficient (Wildman–Crippen LogP) is 4.70. The summed E-state index contributed by atoms with van der Waals surface area (Å²) in [6, 6.07) is 11.5. The van der Waals surface area contributed by atoms with Crippen molar-refractivity contribution >= 4 is 5.97 Å². The van der Waals surface area contributed by atoms with Crippen LogP contribution in [0.1, 0.15) is 37.0 Å². The van der Waals surface area contributed by atoms with Gasteiger partial charge in [0.05, 0.1) is 30.3 Å².